The first kappa shape index (κ1) is 8.99. The molecule has 0 aliphatic heterocycles. The summed E-state index contributed by atoms with van der Waals surface area (Å²) >= 11 is 4.92. The second-order valence-corrected chi connectivity index (χ2v) is 2.86. The number of aryl methyl sites for hydroxylation is 1. The summed E-state index contributed by atoms with van der Waals surface area (Å²) in [7, 11) is 1.79. The summed E-state index contributed by atoms with van der Waals surface area (Å²) in [5.74, 6) is 0. The molecule has 5 heteroatoms. The second kappa shape index (κ2) is 4.06. The number of nitrogens with one attached hydrogen (secondary N) is 3. The number of hydrogen-bond donors (Lipinski definition) is 3. The molecule has 0 aliphatic carbocycles. The van der Waals surface area contributed by atoms with Gasteiger partial charge >= 0.3 is 0 Å². The maximum Gasteiger partial charge on any atom is 0.166 e. The van der Waals surface area contributed by atoms with Crippen molar-refractivity contribution < 1.29 is 0 Å². The Morgan fingerprint density at radius 1 is 1.75 bits per heavy atom. The van der Waals surface area contributed by atoms with Crippen LogP contribution in [0.4, 0.5) is 0 Å². The average molecular weight is 184 g/mol. The summed E-state index contributed by atoms with van der Waals surface area (Å²) in [5, 5.41) is 13.3. The maximum absolute atomic E-state index is 4.92. The molecule has 1 rings (SSSR count). The Hall–Kier alpha value is -1.10. The van der Waals surface area contributed by atoms with E-state index in [1.54, 1.807) is 13.2 Å². The van der Waals surface area contributed by atoms with Crippen LogP contribution in [-0.4, -0.2) is 22.4 Å². The van der Waals surface area contributed by atoms with Gasteiger partial charge in [-0.3, -0.25) is 5.10 Å². The fraction of sp³-hybridized carbons (Fsp3) is 0.429. The Labute approximate surface area is 76.7 Å². The minimum absolute atomic E-state index is 0.649. The zero-order chi connectivity index (χ0) is 8.97. The number of nitrogens with zero attached hydrogens (tertiary/aromatic N) is 1. The first-order valence-corrected chi connectivity index (χ1v) is 4.09. The van der Waals surface area contributed by atoms with Crippen molar-refractivity contribution in [3.63, 3.8) is 0 Å². The first-order chi connectivity index (χ1) is 5.74. The van der Waals surface area contributed by atoms with Crippen LogP contribution >= 0.6 is 12.2 Å². The van der Waals surface area contributed by atoms with Crippen LogP contribution in [0.15, 0.2) is 6.20 Å². The van der Waals surface area contributed by atoms with Gasteiger partial charge in [-0.15, -0.1) is 0 Å². The minimum atomic E-state index is 0.649. The number of H-pyrrole nitrogens is 1. The molecule has 0 atom stereocenters. The van der Waals surface area contributed by atoms with E-state index in [1.165, 1.54) is 0 Å². The normalized spacial score (nSPS) is 9.50. The Kier molecular flexibility index (Phi) is 3.04. The van der Waals surface area contributed by atoms with Crippen molar-refractivity contribution in [3.8, 4) is 0 Å². The molecule has 66 valence electrons. The zero-order valence-electron chi connectivity index (χ0n) is 7.14. The number of thiocarbonyl (C=S) groups is 1. The maximum atomic E-state index is 4.92. The smallest absolute Gasteiger partial charge is 0.166 e. The number of hydrogen-bond acceptors (Lipinski definition) is 2. The quantitative estimate of drug-likeness (QED) is 0.579. The largest absolute Gasteiger partial charge is 0.366 e. The van der Waals surface area contributed by atoms with Crippen LogP contribution in [-0.2, 0) is 6.54 Å². The van der Waals surface area contributed by atoms with Crippen LogP contribution in [0.5, 0.6) is 0 Å². The van der Waals surface area contributed by atoms with Gasteiger partial charge in [0.15, 0.2) is 5.11 Å². The molecule has 0 saturated heterocycles. The van der Waals surface area contributed by atoms with Gasteiger partial charge in [0.25, 0.3) is 0 Å². The van der Waals surface area contributed by atoms with Crippen LogP contribution in [0.3, 0.4) is 0 Å². The van der Waals surface area contributed by atoms with Gasteiger partial charge in [0.2, 0.25) is 0 Å². The minimum Gasteiger partial charge on any atom is -0.366 e. The molecule has 0 radical (unpaired) electrons. The van der Waals surface area contributed by atoms with Gasteiger partial charge in [0.05, 0.1) is 6.20 Å². The highest BCUT2D eigenvalue weighted by Gasteiger charge is 1.99. The molecule has 1 heterocycles. The van der Waals surface area contributed by atoms with Crippen molar-refractivity contribution in [3.05, 3.63) is 17.5 Å². The first-order valence-electron chi connectivity index (χ1n) is 3.68. The van der Waals surface area contributed by atoms with E-state index in [0.29, 0.717) is 11.7 Å². The van der Waals surface area contributed by atoms with Crippen LogP contribution < -0.4 is 10.6 Å². The summed E-state index contributed by atoms with van der Waals surface area (Å²) in [6.45, 7) is 2.69. The molecule has 0 bridgehead atoms. The SMILES string of the molecule is CNC(=S)NCc1cn[nH]c1C. The van der Waals surface area contributed by atoms with E-state index < -0.39 is 0 Å². The molecule has 0 fully saturated rings. The molecule has 0 aliphatic rings. The van der Waals surface area contributed by atoms with E-state index >= 15 is 0 Å². The lowest BCUT2D eigenvalue weighted by Gasteiger charge is -2.05. The molecule has 0 amide bonds. The van der Waals surface area contributed by atoms with Crippen LogP contribution in [0, 0.1) is 6.92 Å². The molecule has 0 spiro atoms. The fourth-order valence-corrected chi connectivity index (χ4v) is 0.890. The predicted octanol–water partition coefficient (Wildman–Crippen LogP) is 0.312. The van der Waals surface area contributed by atoms with Gasteiger partial charge in [-0.2, -0.15) is 5.10 Å². The summed E-state index contributed by atoms with van der Waals surface area (Å²) < 4.78 is 0. The number of rotatable bonds is 2. The van der Waals surface area contributed by atoms with Crippen LogP contribution in [0.2, 0.25) is 0 Å². The third-order valence-electron chi connectivity index (χ3n) is 1.60. The van der Waals surface area contributed by atoms with Crippen molar-refractivity contribution in [2.75, 3.05) is 7.05 Å². The standard InChI is InChI=1S/C7H12N4S/c1-5-6(4-10-11-5)3-9-7(12)8-2/h4H,3H2,1-2H3,(H,10,11)(H2,8,9,12). The van der Waals surface area contributed by atoms with Gasteiger partial charge < -0.3 is 10.6 Å². The molecule has 0 saturated carbocycles. The Bertz CT molecular complexity index is 268. The highest BCUT2D eigenvalue weighted by atomic mass is 32.1. The number of aromatic amines is 1. The van der Waals surface area contributed by atoms with E-state index in [9.17, 15) is 0 Å². The van der Waals surface area contributed by atoms with E-state index in [0.717, 1.165) is 11.3 Å². The Morgan fingerprint density at radius 3 is 3.00 bits per heavy atom. The lowest BCUT2D eigenvalue weighted by atomic mass is 10.3. The molecular weight excluding hydrogens is 172 g/mol. The van der Waals surface area contributed by atoms with Crippen LogP contribution in [0.25, 0.3) is 0 Å². The Balaban J connectivity index is 2.43. The molecule has 0 unspecified atom stereocenters. The molecule has 4 nitrogen and oxygen atoms in total. The summed E-state index contributed by atoms with van der Waals surface area (Å²) in [4.78, 5) is 0. The molecule has 0 aromatic carbocycles. The highest BCUT2D eigenvalue weighted by Crippen LogP contribution is 2.00. The molecule has 3 N–H and O–H groups in total. The van der Waals surface area contributed by atoms with E-state index in [2.05, 4.69) is 20.8 Å². The highest BCUT2D eigenvalue weighted by molar-refractivity contribution is 7.80. The second-order valence-electron chi connectivity index (χ2n) is 2.45. The third kappa shape index (κ3) is 2.20. The fourth-order valence-electron chi connectivity index (χ4n) is 0.818. The van der Waals surface area contributed by atoms with Crippen molar-refractivity contribution in [1.82, 2.24) is 20.8 Å². The average Bonchev–Trinajstić information content (AvgIpc) is 2.47. The molecule has 12 heavy (non-hydrogen) atoms. The summed E-state index contributed by atoms with van der Waals surface area (Å²) in [5.41, 5.74) is 2.20. The van der Waals surface area contributed by atoms with E-state index in [1.807, 2.05) is 6.92 Å². The predicted molar refractivity (Wildman–Crippen MR) is 51.8 cm³/mol. The Morgan fingerprint density at radius 2 is 2.50 bits per heavy atom. The van der Waals surface area contributed by atoms with E-state index in [-0.39, 0.29) is 0 Å². The molecule has 1 aromatic rings. The van der Waals surface area contributed by atoms with Crippen LogP contribution in [0.1, 0.15) is 11.3 Å². The van der Waals surface area contributed by atoms with Crippen molar-refractivity contribution in [1.29, 1.82) is 0 Å². The zero-order valence-corrected chi connectivity index (χ0v) is 7.96. The summed E-state index contributed by atoms with van der Waals surface area (Å²) in [6, 6.07) is 0. The number of aromatic nitrogens is 2. The van der Waals surface area contributed by atoms with E-state index in [4.69, 9.17) is 12.2 Å². The topological polar surface area (TPSA) is 52.7 Å². The van der Waals surface area contributed by atoms with Crippen molar-refractivity contribution in [2.24, 2.45) is 0 Å². The van der Waals surface area contributed by atoms with Gasteiger partial charge in [-0.1, -0.05) is 0 Å². The molecule has 1 aromatic heterocycles. The van der Waals surface area contributed by atoms with Crippen molar-refractivity contribution >= 4 is 17.3 Å². The monoisotopic (exact) mass is 184 g/mol. The lowest BCUT2D eigenvalue weighted by molar-refractivity contribution is 0.883. The van der Waals surface area contributed by atoms with Gasteiger partial charge in [0, 0.05) is 24.8 Å². The third-order valence-corrected chi connectivity index (χ3v) is 1.95. The van der Waals surface area contributed by atoms with Gasteiger partial charge in [0.1, 0.15) is 0 Å². The van der Waals surface area contributed by atoms with Gasteiger partial charge in [-0.25, -0.2) is 0 Å². The lowest BCUT2D eigenvalue weighted by Crippen LogP contribution is -2.31. The van der Waals surface area contributed by atoms with Crippen molar-refractivity contribution in [2.45, 2.75) is 13.5 Å². The summed E-state index contributed by atoms with van der Waals surface area (Å²) in [6.07, 6.45) is 1.79. The molecular formula is C7H12N4S. The van der Waals surface area contributed by atoms with Gasteiger partial charge in [-0.05, 0) is 19.1 Å².